The van der Waals surface area contributed by atoms with E-state index in [0.717, 1.165) is 42.6 Å². The van der Waals surface area contributed by atoms with Gasteiger partial charge in [0, 0.05) is 23.6 Å². The van der Waals surface area contributed by atoms with Crippen molar-refractivity contribution in [1.82, 2.24) is 4.90 Å². The van der Waals surface area contributed by atoms with E-state index >= 15 is 0 Å². The molecule has 0 fully saturated rings. The smallest absolute Gasteiger partial charge is 0.323 e. The summed E-state index contributed by atoms with van der Waals surface area (Å²) in [5.74, 6) is 0.0115. The van der Waals surface area contributed by atoms with Crippen molar-refractivity contribution < 1.29 is 19.4 Å². The maximum Gasteiger partial charge on any atom is 0.323 e. The summed E-state index contributed by atoms with van der Waals surface area (Å²) < 4.78 is 6.45. The van der Waals surface area contributed by atoms with E-state index in [0.29, 0.717) is 16.5 Å². The topological polar surface area (TPSA) is 66.8 Å². The van der Waals surface area contributed by atoms with E-state index in [1.54, 1.807) is 24.3 Å². The molecule has 194 valence electrons. The normalized spacial score (nSPS) is 16.7. The summed E-state index contributed by atoms with van der Waals surface area (Å²) in [7, 11) is 0. The third kappa shape index (κ3) is 7.14. The first kappa shape index (κ1) is 26.7. The second kappa shape index (κ2) is 11.4. The Hall–Kier alpha value is -3.31. The highest BCUT2D eigenvalue weighted by Gasteiger charge is 2.32. The van der Waals surface area contributed by atoms with Gasteiger partial charge in [-0.15, -0.1) is 0 Å². The molecule has 3 aromatic carbocycles. The average molecular weight is 520 g/mol. The molecule has 0 saturated carbocycles. The number of carbonyl (C=O) groups excluding carboxylic acids is 1. The number of carboxylic acids is 1. The lowest BCUT2D eigenvalue weighted by molar-refractivity contribution is -0.137. The van der Waals surface area contributed by atoms with Crippen LogP contribution in [0.2, 0.25) is 5.02 Å². The van der Waals surface area contributed by atoms with E-state index < -0.39 is 12.5 Å². The summed E-state index contributed by atoms with van der Waals surface area (Å²) in [5.41, 5.74) is 4.46. The van der Waals surface area contributed by atoms with Crippen LogP contribution in [0.25, 0.3) is 0 Å². The van der Waals surface area contributed by atoms with Crippen molar-refractivity contribution in [3.05, 3.63) is 99.6 Å². The van der Waals surface area contributed by atoms with Crippen LogP contribution < -0.4 is 4.74 Å². The number of carboxylic acid groups (broad SMARTS) is 1. The Morgan fingerprint density at radius 1 is 1.03 bits per heavy atom. The van der Waals surface area contributed by atoms with Crippen LogP contribution in [0, 0.1) is 5.92 Å². The maximum absolute atomic E-state index is 13.3. The molecular formula is C31H34ClNO4. The molecule has 37 heavy (non-hydrogen) atoms. The molecule has 3 aromatic rings. The van der Waals surface area contributed by atoms with Gasteiger partial charge >= 0.3 is 5.97 Å². The third-order valence-electron chi connectivity index (χ3n) is 6.71. The summed E-state index contributed by atoms with van der Waals surface area (Å²) in [6.07, 6.45) is 3.49. The van der Waals surface area contributed by atoms with Gasteiger partial charge in [-0.05, 0) is 84.7 Å². The first-order valence-electron chi connectivity index (χ1n) is 12.8. The van der Waals surface area contributed by atoms with Crippen LogP contribution in [0.15, 0.2) is 66.7 Å². The lowest BCUT2D eigenvalue weighted by Crippen LogP contribution is -2.39. The second-order valence-electron chi connectivity index (χ2n) is 10.7. The molecule has 1 amide bonds. The van der Waals surface area contributed by atoms with Gasteiger partial charge in [0.25, 0.3) is 5.91 Å². The highest BCUT2D eigenvalue weighted by Crippen LogP contribution is 2.36. The number of aliphatic carboxylic acids is 1. The Labute approximate surface area is 224 Å². The fraction of sp³-hybridized carbons (Fsp3) is 0.355. The van der Waals surface area contributed by atoms with Crippen LogP contribution in [0.1, 0.15) is 59.8 Å². The third-order valence-corrected chi connectivity index (χ3v) is 6.94. The van der Waals surface area contributed by atoms with E-state index in [2.05, 4.69) is 45.0 Å². The Kier molecular flexibility index (Phi) is 8.23. The zero-order chi connectivity index (χ0) is 26.6. The van der Waals surface area contributed by atoms with Crippen LogP contribution in [0.4, 0.5) is 0 Å². The number of hydrogen-bond donors (Lipinski definition) is 1. The maximum atomic E-state index is 13.3. The number of fused-ring (bicyclic) bond motifs is 1. The molecule has 1 aliphatic heterocycles. The molecule has 1 atom stereocenters. The van der Waals surface area contributed by atoms with Crippen molar-refractivity contribution in [3.8, 4) is 5.75 Å². The Morgan fingerprint density at radius 2 is 1.76 bits per heavy atom. The molecule has 1 N–H and O–H groups in total. The van der Waals surface area contributed by atoms with Gasteiger partial charge in [0.2, 0.25) is 0 Å². The predicted molar refractivity (Wildman–Crippen MR) is 146 cm³/mol. The van der Waals surface area contributed by atoms with E-state index in [4.69, 9.17) is 16.3 Å². The molecule has 0 spiro atoms. The average Bonchev–Trinajstić information content (AvgIpc) is 2.83. The first-order valence-corrected chi connectivity index (χ1v) is 13.1. The summed E-state index contributed by atoms with van der Waals surface area (Å²) in [6, 6.07) is 21.3. The van der Waals surface area contributed by atoms with Crippen LogP contribution in [0.3, 0.4) is 0 Å². The SMILES string of the molecule is CC(C)Cc1ccc(C[C@]2(C)CCc3cc(C(=O)N(CC(=O)O)Cc4cccc(Cl)c4)ccc3O2)cc1. The fourth-order valence-corrected chi connectivity index (χ4v) is 5.16. The number of hydrogen-bond acceptors (Lipinski definition) is 3. The van der Waals surface area contributed by atoms with Gasteiger partial charge in [0.1, 0.15) is 17.9 Å². The molecule has 5 nitrogen and oxygen atoms in total. The van der Waals surface area contributed by atoms with Crippen LogP contribution in [-0.2, 0) is 30.6 Å². The molecule has 1 heterocycles. The number of ether oxygens (including phenoxy) is 1. The number of carbonyl (C=O) groups is 2. The molecule has 6 heteroatoms. The number of amides is 1. The molecule has 0 aliphatic carbocycles. The lowest BCUT2D eigenvalue weighted by atomic mass is 9.86. The molecule has 1 aliphatic rings. The van der Waals surface area contributed by atoms with Crippen LogP contribution in [-0.4, -0.2) is 34.0 Å². The number of rotatable bonds is 9. The minimum Gasteiger partial charge on any atom is -0.487 e. The van der Waals surface area contributed by atoms with Gasteiger partial charge in [-0.1, -0.05) is 61.8 Å². The summed E-state index contributed by atoms with van der Waals surface area (Å²) in [6.45, 7) is 6.35. The Balaban J connectivity index is 1.47. The van der Waals surface area contributed by atoms with Gasteiger partial charge in [-0.3, -0.25) is 9.59 Å². The quantitative estimate of drug-likeness (QED) is 0.346. The first-order chi connectivity index (χ1) is 17.6. The molecule has 0 saturated heterocycles. The minimum atomic E-state index is -1.07. The standard InChI is InChI=1S/C31H34ClNO4/c1-21(2)15-22-7-9-23(10-8-22)18-31(3)14-13-25-17-26(11-12-28(25)37-31)30(36)33(20-29(34)35)19-24-5-4-6-27(32)16-24/h4-12,16-17,21H,13-15,18-20H2,1-3H3,(H,34,35)/t31-/m0/s1. The number of benzene rings is 3. The molecule has 0 radical (unpaired) electrons. The largest absolute Gasteiger partial charge is 0.487 e. The Bertz CT molecular complexity index is 1270. The summed E-state index contributed by atoms with van der Waals surface area (Å²) >= 11 is 6.08. The zero-order valence-electron chi connectivity index (χ0n) is 21.7. The van der Waals surface area contributed by atoms with Gasteiger partial charge in [0.05, 0.1) is 0 Å². The van der Waals surface area contributed by atoms with Crippen molar-refractivity contribution >= 4 is 23.5 Å². The van der Waals surface area contributed by atoms with Crippen molar-refractivity contribution in [2.45, 2.75) is 58.6 Å². The molecule has 0 aromatic heterocycles. The fourth-order valence-electron chi connectivity index (χ4n) is 4.94. The van der Waals surface area contributed by atoms with Crippen LogP contribution in [0.5, 0.6) is 5.75 Å². The van der Waals surface area contributed by atoms with E-state index in [9.17, 15) is 14.7 Å². The van der Waals surface area contributed by atoms with Gasteiger partial charge in [-0.2, -0.15) is 0 Å². The van der Waals surface area contributed by atoms with Crippen molar-refractivity contribution in [2.75, 3.05) is 6.54 Å². The van der Waals surface area contributed by atoms with E-state index in [1.807, 2.05) is 18.2 Å². The summed E-state index contributed by atoms with van der Waals surface area (Å²) in [5, 5.41) is 9.94. The molecule has 0 unspecified atom stereocenters. The zero-order valence-corrected chi connectivity index (χ0v) is 22.4. The Morgan fingerprint density at radius 3 is 2.43 bits per heavy atom. The predicted octanol–water partition coefficient (Wildman–Crippen LogP) is 6.59. The van der Waals surface area contributed by atoms with Crippen molar-refractivity contribution in [1.29, 1.82) is 0 Å². The van der Waals surface area contributed by atoms with E-state index in [-0.39, 0.29) is 18.1 Å². The molecular weight excluding hydrogens is 486 g/mol. The van der Waals surface area contributed by atoms with Gasteiger partial charge in [0.15, 0.2) is 0 Å². The molecule has 4 rings (SSSR count). The monoisotopic (exact) mass is 519 g/mol. The summed E-state index contributed by atoms with van der Waals surface area (Å²) in [4.78, 5) is 26.1. The molecule has 0 bridgehead atoms. The lowest BCUT2D eigenvalue weighted by Gasteiger charge is -2.36. The van der Waals surface area contributed by atoms with Crippen LogP contribution >= 0.6 is 11.6 Å². The van der Waals surface area contributed by atoms with Crippen molar-refractivity contribution in [3.63, 3.8) is 0 Å². The number of aryl methyl sites for hydroxylation is 1. The van der Waals surface area contributed by atoms with E-state index in [1.165, 1.54) is 16.0 Å². The van der Waals surface area contributed by atoms with Gasteiger partial charge < -0.3 is 14.7 Å². The highest BCUT2D eigenvalue weighted by atomic mass is 35.5. The highest BCUT2D eigenvalue weighted by molar-refractivity contribution is 6.30. The number of nitrogens with zero attached hydrogens (tertiary/aromatic N) is 1. The van der Waals surface area contributed by atoms with Gasteiger partial charge in [-0.25, -0.2) is 0 Å². The second-order valence-corrected chi connectivity index (χ2v) is 11.1. The number of halogens is 1. The van der Waals surface area contributed by atoms with Crippen molar-refractivity contribution in [2.24, 2.45) is 5.92 Å². The minimum absolute atomic E-state index is 0.160.